The second-order valence-corrected chi connectivity index (χ2v) is 4.28. The summed E-state index contributed by atoms with van der Waals surface area (Å²) < 4.78 is 0. The van der Waals surface area contributed by atoms with Crippen molar-refractivity contribution in [3.8, 4) is 0 Å². The molecule has 0 spiro atoms. The van der Waals surface area contributed by atoms with Gasteiger partial charge in [-0.05, 0) is 42.4 Å². The zero-order chi connectivity index (χ0) is 9.97. The lowest BCUT2D eigenvalue weighted by atomic mass is 10.0. The van der Waals surface area contributed by atoms with Gasteiger partial charge in [0.05, 0.1) is 0 Å². The third kappa shape index (κ3) is 1.83. The second kappa shape index (κ2) is 4.14. The normalized spacial score (nSPS) is 19.7. The lowest BCUT2D eigenvalue weighted by molar-refractivity contribution is 0.713. The Bertz CT molecular complexity index is 317. The molecule has 0 aliphatic heterocycles. The molecule has 1 aliphatic carbocycles. The van der Waals surface area contributed by atoms with Crippen LogP contribution >= 0.6 is 0 Å². The maximum absolute atomic E-state index is 6.00. The lowest BCUT2D eigenvalue weighted by Crippen LogP contribution is -2.04. The van der Waals surface area contributed by atoms with Crippen molar-refractivity contribution in [2.75, 3.05) is 0 Å². The summed E-state index contributed by atoms with van der Waals surface area (Å²) in [5.74, 6) is 0. The van der Waals surface area contributed by atoms with Crippen molar-refractivity contribution in [1.29, 1.82) is 0 Å². The van der Waals surface area contributed by atoms with Crippen LogP contribution in [-0.4, -0.2) is 0 Å². The highest BCUT2D eigenvalue weighted by Gasteiger charge is 2.18. The van der Waals surface area contributed by atoms with Gasteiger partial charge in [0.1, 0.15) is 0 Å². The first-order valence-corrected chi connectivity index (χ1v) is 5.68. The van der Waals surface area contributed by atoms with Crippen molar-refractivity contribution in [3.63, 3.8) is 0 Å². The van der Waals surface area contributed by atoms with Crippen LogP contribution in [-0.2, 0) is 12.8 Å². The van der Waals surface area contributed by atoms with Crippen LogP contribution in [0.25, 0.3) is 0 Å². The molecule has 1 nitrogen and oxygen atoms in total. The first-order valence-electron chi connectivity index (χ1n) is 5.68. The fourth-order valence-electron chi connectivity index (χ4n) is 2.24. The Kier molecular flexibility index (Phi) is 2.87. The van der Waals surface area contributed by atoms with Crippen LogP contribution in [0.4, 0.5) is 0 Å². The Morgan fingerprint density at radius 3 is 3.07 bits per heavy atom. The summed E-state index contributed by atoms with van der Waals surface area (Å²) in [4.78, 5) is 0. The van der Waals surface area contributed by atoms with E-state index in [-0.39, 0.29) is 0 Å². The minimum Gasteiger partial charge on any atom is -0.324 e. The second-order valence-electron chi connectivity index (χ2n) is 4.28. The third-order valence-electron chi connectivity index (χ3n) is 3.15. The number of hydrogen-bond donors (Lipinski definition) is 1. The van der Waals surface area contributed by atoms with E-state index in [0.29, 0.717) is 6.04 Å². The summed E-state index contributed by atoms with van der Waals surface area (Å²) in [5.41, 5.74) is 10.4. The van der Waals surface area contributed by atoms with E-state index >= 15 is 0 Å². The molecule has 1 heteroatoms. The summed E-state index contributed by atoms with van der Waals surface area (Å²) in [5, 5.41) is 0. The highest BCUT2D eigenvalue weighted by atomic mass is 14.6. The SMILES string of the molecule is CCCCc1ccc2c(c1)CCC2N. The predicted octanol–water partition coefficient (Wildman–Crippen LogP) is 2.98. The van der Waals surface area contributed by atoms with Gasteiger partial charge < -0.3 is 5.73 Å². The molecule has 76 valence electrons. The summed E-state index contributed by atoms with van der Waals surface area (Å²) in [6.07, 6.45) is 6.10. The minimum absolute atomic E-state index is 0.297. The van der Waals surface area contributed by atoms with Crippen molar-refractivity contribution in [1.82, 2.24) is 0 Å². The zero-order valence-corrected chi connectivity index (χ0v) is 8.92. The van der Waals surface area contributed by atoms with Crippen LogP contribution in [0.1, 0.15) is 48.9 Å². The van der Waals surface area contributed by atoms with Gasteiger partial charge in [-0.25, -0.2) is 0 Å². The molecule has 0 fully saturated rings. The molecule has 2 N–H and O–H groups in total. The molecule has 1 aromatic rings. The lowest BCUT2D eigenvalue weighted by Gasteiger charge is -2.06. The quantitative estimate of drug-likeness (QED) is 0.777. The van der Waals surface area contributed by atoms with E-state index in [4.69, 9.17) is 5.73 Å². The van der Waals surface area contributed by atoms with Crippen LogP contribution in [0, 0.1) is 0 Å². The maximum atomic E-state index is 6.00. The summed E-state index contributed by atoms with van der Waals surface area (Å²) in [6.45, 7) is 2.24. The van der Waals surface area contributed by atoms with Crippen molar-refractivity contribution < 1.29 is 0 Å². The standard InChI is InChI=1S/C13H19N/c1-2-3-4-10-5-7-12-11(9-10)6-8-13(12)14/h5,7,9,13H,2-4,6,8,14H2,1H3. The molecule has 0 bridgehead atoms. The van der Waals surface area contributed by atoms with E-state index in [1.807, 2.05) is 0 Å². The molecular weight excluding hydrogens is 170 g/mol. The Balaban J connectivity index is 2.15. The fraction of sp³-hybridized carbons (Fsp3) is 0.538. The molecule has 1 aliphatic rings. The smallest absolute Gasteiger partial charge is 0.0300 e. The number of unbranched alkanes of at least 4 members (excludes halogenated alkanes) is 1. The fourth-order valence-corrected chi connectivity index (χ4v) is 2.24. The van der Waals surface area contributed by atoms with Gasteiger partial charge in [-0.15, -0.1) is 0 Å². The van der Waals surface area contributed by atoms with Gasteiger partial charge in [0.15, 0.2) is 0 Å². The van der Waals surface area contributed by atoms with Gasteiger partial charge >= 0.3 is 0 Å². The molecule has 2 rings (SSSR count). The Morgan fingerprint density at radius 1 is 1.43 bits per heavy atom. The highest BCUT2D eigenvalue weighted by molar-refractivity contribution is 5.37. The topological polar surface area (TPSA) is 26.0 Å². The third-order valence-corrected chi connectivity index (χ3v) is 3.15. The van der Waals surface area contributed by atoms with Gasteiger partial charge in [0.2, 0.25) is 0 Å². The molecule has 1 unspecified atom stereocenters. The number of nitrogens with two attached hydrogens (primary N) is 1. The molecule has 14 heavy (non-hydrogen) atoms. The molecule has 0 heterocycles. The number of benzene rings is 1. The van der Waals surface area contributed by atoms with E-state index < -0.39 is 0 Å². The van der Waals surface area contributed by atoms with Crippen molar-refractivity contribution >= 4 is 0 Å². The molecule has 1 aromatic carbocycles. The van der Waals surface area contributed by atoms with Crippen LogP contribution in [0.3, 0.4) is 0 Å². The first kappa shape index (κ1) is 9.72. The number of aryl methyl sites for hydroxylation is 2. The predicted molar refractivity (Wildman–Crippen MR) is 60.3 cm³/mol. The van der Waals surface area contributed by atoms with E-state index in [1.165, 1.54) is 42.4 Å². The molecular formula is C13H19N. The monoisotopic (exact) mass is 189 g/mol. The highest BCUT2D eigenvalue weighted by Crippen LogP contribution is 2.29. The molecule has 0 radical (unpaired) electrons. The largest absolute Gasteiger partial charge is 0.324 e. The minimum atomic E-state index is 0.297. The van der Waals surface area contributed by atoms with E-state index in [2.05, 4.69) is 25.1 Å². The first-order chi connectivity index (χ1) is 6.81. The Morgan fingerprint density at radius 2 is 2.29 bits per heavy atom. The molecule has 0 amide bonds. The maximum Gasteiger partial charge on any atom is 0.0300 e. The number of rotatable bonds is 3. The average Bonchev–Trinajstić information content (AvgIpc) is 2.57. The van der Waals surface area contributed by atoms with Gasteiger partial charge in [0, 0.05) is 6.04 Å². The number of fused-ring (bicyclic) bond motifs is 1. The molecule has 0 saturated carbocycles. The van der Waals surface area contributed by atoms with Gasteiger partial charge in [-0.1, -0.05) is 31.5 Å². The zero-order valence-electron chi connectivity index (χ0n) is 8.92. The van der Waals surface area contributed by atoms with E-state index in [9.17, 15) is 0 Å². The van der Waals surface area contributed by atoms with Crippen molar-refractivity contribution in [2.45, 2.75) is 45.1 Å². The van der Waals surface area contributed by atoms with E-state index in [0.717, 1.165) is 6.42 Å². The van der Waals surface area contributed by atoms with Gasteiger partial charge in [-0.2, -0.15) is 0 Å². The van der Waals surface area contributed by atoms with Crippen LogP contribution < -0.4 is 5.73 Å². The molecule has 0 saturated heterocycles. The van der Waals surface area contributed by atoms with Crippen LogP contribution in [0.5, 0.6) is 0 Å². The molecule has 1 atom stereocenters. The van der Waals surface area contributed by atoms with E-state index in [1.54, 1.807) is 0 Å². The Labute approximate surface area is 86.3 Å². The van der Waals surface area contributed by atoms with Gasteiger partial charge in [0.25, 0.3) is 0 Å². The van der Waals surface area contributed by atoms with Crippen LogP contribution in [0.15, 0.2) is 18.2 Å². The molecule has 0 aromatic heterocycles. The summed E-state index contributed by atoms with van der Waals surface area (Å²) >= 11 is 0. The van der Waals surface area contributed by atoms with Gasteiger partial charge in [-0.3, -0.25) is 0 Å². The summed E-state index contributed by atoms with van der Waals surface area (Å²) in [7, 11) is 0. The average molecular weight is 189 g/mol. The summed E-state index contributed by atoms with van der Waals surface area (Å²) in [6, 6.07) is 7.14. The number of hydrogen-bond acceptors (Lipinski definition) is 1. The van der Waals surface area contributed by atoms with Crippen molar-refractivity contribution in [3.05, 3.63) is 34.9 Å². The van der Waals surface area contributed by atoms with Crippen molar-refractivity contribution in [2.24, 2.45) is 5.73 Å². The van der Waals surface area contributed by atoms with Crippen LogP contribution in [0.2, 0.25) is 0 Å². The Hall–Kier alpha value is -0.820.